The summed E-state index contributed by atoms with van der Waals surface area (Å²) in [6.07, 6.45) is 0. The first-order valence-electron chi connectivity index (χ1n) is 6.21. The maximum absolute atomic E-state index is 4.58. The van der Waals surface area contributed by atoms with Crippen LogP contribution < -0.4 is 10.6 Å². The number of aliphatic imine (C=N–C) groups is 1. The molecule has 0 unspecified atom stereocenters. The Kier molecular flexibility index (Phi) is 8.65. The van der Waals surface area contributed by atoms with Crippen molar-refractivity contribution >= 4 is 45.9 Å². The molecule has 3 nitrogen and oxygen atoms in total. The number of benzene rings is 1. The van der Waals surface area contributed by atoms with Crippen LogP contribution in [0, 0.1) is 0 Å². The Labute approximate surface area is 141 Å². The van der Waals surface area contributed by atoms with Gasteiger partial charge in [0, 0.05) is 16.6 Å². The first kappa shape index (κ1) is 18.7. The van der Waals surface area contributed by atoms with Crippen LogP contribution in [-0.2, 0) is 6.54 Å². The van der Waals surface area contributed by atoms with Crippen molar-refractivity contribution in [2.45, 2.75) is 39.8 Å². The lowest BCUT2D eigenvalue weighted by molar-refractivity contribution is 0.501. The van der Waals surface area contributed by atoms with Crippen molar-refractivity contribution in [1.29, 1.82) is 0 Å². The number of guanidine groups is 1. The van der Waals surface area contributed by atoms with E-state index < -0.39 is 0 Å². The molecule has 0 saturated carbocycles. The smallest absolute Gasteiger partial charge is 0.191 e. The van der Waals surface area contributed by atoms with E-state index >= 15 is 0 Å². The average Bonchev–Trinajstić information content (AvgIpc) is 2.26. The van der Waals surface area contributed by atoms with E-state index in [1.54, 1.807) is 0 Å². The van der Waals surface area contributed by atoms with E-state index in [1.165, 1.54) is 5.56 Å². The summed E-state index contributed by atoms with van der Waals surface area (Å²) in [5.41, 5.74) is 1.21. The molecular formula is C14H23BrIN3. The molecule has 2 N–H and O–H groups in total. The Balaban J connectivity index is 0.00000324. The highest BCUT2D eigenvalue weighted by molar-refractivity contribution is 14.0. The third-order valence-corrected chi connectivity index (χ3v) is 2.70. The summed E-state index contributed by atoms with van der Waals surface area (Å²) in [5, 5.41) is 6.62. The van der Waals surface area contributed by atoms with Crippen LogP contribution in [0.2, 0.25) is 0 Å². The largest absolute Gasteiger partial charge is 0.357 e. The minimum absolute atomic E-state index is 0. The fourth-order valence-electron chi connectivity index (χ4n) is 1.42. The number of rotatable bonds is 3. The fraction of sp³-hybridized carbons (Fsp3) is 0.500. The topological polar surface area (TPSA) is 36.4 Å². The molecule has 0 radical (unpaired) electrons. The molecule has 108 valence electrons. The van der Waals surface area contributed by atoms with Gasteiger partial charge in [0.2, 0.25) is 0 Å². The van der Waals surface area contributed by atoms with Crippen molar-refractivity contribution in [3.8, 4) is 0 Å². The van der Waals surface area contributed by atoms with E-state index in [9.17, 15) is 0 Å². The lowest BCUT2D eigenvalue weighted by atomic mass is 10.1. The lowest BCUT2D eigenvalue weighted by Crippen LogP contribution is -2.47. The summed E-state index contributed by atoms with van der Waals surface area (Å²) in [5.74, 6) is 0.855. The average molecular weight is 440 g/mol. The van der Waals surface area contributed by atoms with E-state index in [0.717, 1.165) is 17.0 Å². The normalized spacial score (nSPS) is 11.7. The Morgan fingerprint density at radius 1 is 1.21 bits per heavy atom. The van der Waals surface area contributed by atoms with Crippen molar-refractivity contribution in [3.63, 3.8) is 0 Å². The molecule has 0 spiro atoms. The second-order valence-electron chi connectivity index (χ2n) is 5.20. The molecule has 0 aromatic heterocycles. The Morgan fingerprint density at radius 3 is 2.26 bits per heavy atom. The molecule has 0 atom stereocenters. The van der Waals surface area contributed by atoms with Gasteiger partial charge in [0.05, 0.1) is 6.54 Å². The molecule has 1 rings (SSSR count). The third-order valence-electron chi connectivity index (χ3n) is 2.17. The van der Waals surface area contributed by atoms with Gasteiger partial charge in [0.25, 0.3) is 0 Å². The highest BCUT2D eigenvalue weighted by Crippen LogP contribution is 2.11. The monoisotopic (exact) mass is 439 g/mol. The molecule has 1 aromatic rings. The van der Waals surface area contributed by atoms with Crippen LogP contribution in [0.15, 0.2) is 33.7 Å². The van der Waals surface area contributed by atoms with Gasteiger partial charge in [0.1, 0.15) is 0 Å². The van der Waals surface area contributed by atoms with E-state index in [0.29, 0.717) is 6.54 Å². The van der Waals surface area contributed by atoms with Gasteiger partial charge in [-0.05, 0) is 45.4 Å². The first-order chi connectivity index (χ1) is 8.40. The van der Waals surface area contributed by atoms with Gasteiger partial charge in [-0.25, -0.2) is 4.99 Å². The second-order valence-corrected chi connectivity index (χ2v) is 6.11. The van der Waals surface area contributed by atoms with E-state index in [-0.39, 0.29) is 29.5 Å². The summed E-state index contributed by atoms with van der Waals surface area (Å²) in [7, 11) is 0. The zero-order valence-corrected chi connectivity index (χ0v) is 15.9. The first-order valence-corrected chi connectivity index (χ1v) is 7.01. The van der Waals surface area contributed by atoms with Crippen LogP contribution >= 0.6 is 39.9 Å². The number of hydrogen-bond acceptors (Lipinski definition) is 1. The van der Waals surface area contributed by atoms with Crippen LogP contribution in [0.25, 0.3) is 0 Å². The van der Waals surface area contributed by atoms with Crippen LogP contribution in [0.3, 0.4) is 0 Å². The van der Waals surface area contributed by atoms with Gasteiger partial charge in [-0.15, -0.1) is 24.0 Å². The highest BCUT2D eigenvalue weighted by atomic mass is 127. The molecule has 0 aliphatic rings. The number of nitrogens with zero attached hydrogens (tertiary/aromatic N) is 1. The van der Waals surface area contributed by atoms with Crippen LogP contribution in [0.1, 0.15) is 33.3 Å². The predicted molar refractivity (Wildman–Crippen MR) is 97.3 cm³/mol. The predicted octanol–water partition coefficient (Wildman–Crippen LogP) is 3.92. The molecule has 5 heteroatoms. The summed E-state index contributed by atoms with van der Waals surface area (Å²) in [6.45, 7) is 9.99. The minimum Gasteiger partial charge on any atom is -0.357 e. The number of nitrogens with one attached hydrogen (secondary N) is 2. The highest BCUT2D eigenvalue weighted by Gasteiger charge is 2.11. The van der Waals surface area contributed by atoms with Gasteiger partial charge in [0.15, 0.2) is 5.96 Å². The molecule has 0 amide bonds. The Morgan fingerprint density at radius 2 is 1.79 bits per heavy atom. The maximum Gasteiger partial charge on any atom is 0.191 e. The molecular weight excluding hydrogens is 417 g/mol. The van der Waals surface area contributed by atoms with Crippen molar-refractivity contribution in [3.05, 3.63) is 34.3 Å². The SMILES string of the molecule is CCNC(=NCc1ccc(Br)cc1)NC(C)(C)C.I. The van der Waals surface area contributed by atoms with Gasteiger partial charge in [-0.3, -0.25) is 0 Å². The van der Waals surface area contributed by atoms with Crippen molar-refractivity contribution in [2.75, 3.05) is 6.54 Å². The standard InChI is InChI=1S/C14H22BrN3.HI/c1-5-16-13(18-14(2,3)4)17-10-11-6-8-12(15)9-7-11;/h6-9H,5,10H2,1-4H3,(H2,16,17,18);1H. The molecule has 0 heterocycles. The van der Waals surface area contributed by atoms with E-state index in [2.05, 4.69) is 71.4 Å². The van der Waals surface area contributed by atoms with E-state index in [4.69, 9.17) is 0 Å². The summed E-state index contributed by atoms with van der Waals surface area (Å²) >= 11 is 3.43. The second kappa shape index (κ2) is 8.79. The summed E-state index contributed by atoms with van der Waals surface area (Å²) in [4.78, 5) is 4.58. The van der Waals surface area contributed by atoms with E-state index in [1.807, 2.05) is 12.1 Å². The lowest BCUT2D eigenvalue weighted by Gasteiger charge is -2.23. The quantitative estimate of drug-likeness (QED) is 0.425. The number of halogens is 2. The van der Waals surface area contributed by atoms with Crippen molar-refractivity contribution in [2.24, 2.45) is 4.99 Å². The molecule has 1 aromatic carbocycles. The zero-order valence-electron chi connectivity index (χ0n) is 12.0. The van der Waals surface area contributed by atoms with Crippen LogP contribution in [-0.4, -0.2) is 18.0 Å². The molecule has 19 heavy (non-hydrogen) atoms. The van der Waals surface area contributed by atoms with Crippen molar-refractivity contribution < 1.29 is 0 Å². The van der Waals surface area contributed by atoms with Crippen molar-refractivity contribution in [1.82, 2.24) is 10.6 Å². The minimum atomic E-state index is 0. The molecule has 0 aliphatic heterocycles. The Hall–Kier alpha value is -0.300. The van der Waals surface area contributed by atoms with Gasteiger partial charge in [-0.1, -0.05) is 28.1 Å². The summed E-state index contributed by atoms with van der Waals surface area (Å²) in [6, 6.07) is 8.23. The maximum atomic E-state index is 4.58. The van der Waals surface area contributed by atoms with Gasteiger partial charge >= 0.3 is 0 Å². The number of hydrogen-bond donors (Lipinski definition) is 2. The third kappa shape index (κ3) is 8.47. The van der Waals surface area contributed by atoms with Gasteiger partial charge < -0.3 is 10.6 Å². The molecule has 0 saturated heterocycles. The van der Waals surface area contributed by atoms with Crippen LogP contribution in [0.4, 0.5) is 0 Å². The summed E-state index contributed by atoms with van der Waals surface area (Å²) < 4.78 is 1.09. The van der Waals surface area contributed by atoms with Gasteiger partial charge in [-0.2, -0.15) is 0 Å². The Bertz CT molecular complexity index is 396. The fourth-order valence-corrected chi connectivity index (χ4v) is 1.69. The molecule has 0 bridgehead atoms. The zero-order chi connectivity index (χ0) is 13.6. The van der Waals surface area contributed by atoms with Crippen LogP contribution in [0.5, 0.6) is 0 Å². The molecule has 0 aliphatic carbocycles. The molecule has 0 fully saturated rings.